The molecule has 19 heavy (non-hydrogen) atoms. The summed E-state index contributed by atoms with van der Waals surface area (Å²) in [4.78, 5) is 4.12. The molecule has 2 aromatic rings. The van der Waals surface area contributed by atoms with E-state index in [1.807, 2.05) is 0 Å². The molecule has 0 saturated carbocycles. The molecule has 2 heterocycles. The van der Waals surface area contributed by atoms with E-state index in [9.17, 15) is 4.39 Å². The molecule has 4 nitrogen and oxygen atoms in total. The third-order valence-electron chi connectivity index (χ3n) is 3.05. The summed E-state index contributed by atoms with van der Waals surface area (Å²) in [6, 6.07) is 4.40. The van der Waals surface area contributed by atoms with Gasteiger partial charge in [0.1, 0.15) is 11.9 Å². The second-order valence-electron chi connectivity index (χ2n) is 4.38. The molecule has 1 aliphatic heterocycles. The largest absolute Gasteiger partial charge is 0.369 e. The van der Waals surface area contributed by atoms with Gasteiger partial charge in [-0.05, 0) is 18.2 Å². The molecule has 1 aromatic heterocycles. The monoisotopic (exact) mass is 281 g/mol. The van der Waals surface area contributed by atoms with E-state index in [0.717, 1.165) is 18.8 Å². The van der Waals surface area contributed by atoms with Crippen LogP contribution in [0, 0.1) is 5.82 Å². The third-order valence-corrected chi connectivity index (χ3v) is 3.27. The highest BCUT2D eigenvalue weighted by atomic mass is 35.5. The van der Waals surface area contributed by atoms with Crippen molar-refractivity contribution in [3.05, 3.63) is 47.3 Å². The highest BCUT2D eigenvalue weighted by molar-refractivity contribution is 6.30. The minimum atomic E-state index is -0.371. The highest BCUT2D eigenvalue weighted by Gasteiger charge is 2.20. The fourth-order valence-electron chi connectivity index (χ4n) is 2.19. The predicted molar refractivity (Wildman–Crippen MR) is 70.1 cm³/mol. The summed E-state index contributed by atoms with van der Waals surface area (Å²) in [5.74, 6) is -0.371. The Morgan fingerprint density at radius 3 is 3.05 bits per heavy atom. The minimum absolute atomic E-state index is 0.0849. The number of aromatic nitrogens is 2. The van der Waals surface area contributed by atoms with Gasteiger partial charge in [0.25, 0.3) is 0 Å². The first-order valence-corrected chi connectivity index (χ1v) is 6.43. The van der Waals surface area contributed by atoms with Crippen molar-refractivity contribution in [1.82, 2.24) is 14.9 Å². The topological polar surface area (TPSA) is 39.1 Å². The Bertz CT molecular complexity index is 561. The molecule has 1 N–H and O–H groups in total. The van der Waals surface area contributed by atoms with Crippen LogP contribution in [0.2, 0.25) is 5.02 Å². The highest BCUT2D eigenvalue weighted by Crippen LogP contribution is 2.24. The Labute approximate surface area is 115 Å². The Morgan fingerprint density at radius 1 is 1.42 bits per heavy atom. The molecule has 0 aliphatic carbocycles. The number of nitrogens with one attached hydrogen (secondary N) is 1. The Morgan fingerprint density at radius 2 is 2.32 bits per heavy atom. The zero-order chi connectivity index (χ0) is 13.2. The lowest BCUT2D eigenvalue weighted by atomic mass is 10.2. The van der Waals surface area contributed by atoms with Gasteiger partial charge >= 0.3 is 0 Å². The lowest BCUT2D eigenvalue weighted by molar-refractivity contribution is 0.0240. The van der Waals surface area contributed by atoms with Crippen molar-refractivity contribution in [3.8, 4) is 5.69 Å². The number of benzene rings is 1. The van der Waals surface area contributed by atoms with Gasteiger partial charge in [-0.1, -0.05) is 11.6 Å². The second kappa shape index (κ2) is 5.28. The van der Waals surface area contributed by atoms with E-state index in [1.54, 1.807) is 23.2 Å². The molecule has 0 amide bonds. The van der Waals surface area contributed by atoms with Crippen LogP contribution in [-0.4, -0.2) is 29.2 Å². The number of rotatable bonds is 2. The fourth-order valence-corrected chi connectivity index (χ4v) is 2.41. The lowest BCUT2D eigenvalue weighted by Gasteiger charge is -2.24. The average Bonchev–Trinajstić information content (AvgIpc) is 2.88. The van der Waals surface area contributed by atoms with Crippen molar-refractivity contribution >= 4 is 11.6 Å². The zero-order valence-electron chi connectivity index (χ0n) is 10.1. The van der Waals surface area contributed by atoms with Crippen LogP contribution in [0.4, 0.5) is 4.39 Å². The lowest BCUT2D eigenvalue weighted by Crippen LogP contribution is -2.34. The van der Waals surface area contributed by atoms with Crippen molar-refractivity contribution in [2.24, 2.45) is 0 Å². The van der Waals surface area contributed by atoms with Gasteiger partial charge in [0.2, 0.25) is 0 Å². The van der Waals surface area contributed by atoms with Crippen molar-refractivity contribution in [3.63, 3.8) is 0 Å². The number of ether oxygens (including phenoxy) is 1. The van der Waals surface area contributed by atoms with Crippen LogP contribution in [0.25, 0.3) is 5.69 Å². The molecule has 1 unspecified atom stereocenters. The van der Waals surface area contributed by atoms with Gasteiger partial charge < -0.3 is 14.6 Å². The van der Waals surface area contributed by atoms with E-state index >= 15 is 0 Å². The SMILES string of the molecule is Fc1cc(Cl)cc(-n2cncc2C2CNCCO2)c1. The summed E-state index contributed by atoms with van der Waals surface area (Å²) in [5, 5.41) is 3.62. The van der Waals surface area contributed by atoms with Crippen LogP contribution < -0.4 is 5.32 Å². The molecular formula is C13H13ClFN3O. The number of hydrogen-bond acceptors (Lipinski definition) is 3. The maximum Gasteiger partial charge on any atom is 0.126 e. The quantitative estimate of drug-likeness (QED) is 0.918. The summed E-state index contributed by atoms with van der Waals surface area (Å²) in [6.07, 6.45) is 3.29. The summed E-state index contributed by atoms with van der Waals surface area (Å²) < 4.78 is 20.9. The number of halogens is 2. The van der Waals surface area contributed by atoms with Crippen molar-refractivity contribution < 1.29 is 9.13 Å². The third kappa shape index (κ3) is 2.63. The second-order valence-corrected chi connectivity index (χ2v) is 4.82. The number of morpholine rings is 1. The Hall–Kier alpha value is -1.43. The van der Waals surface area contributed by atoms with E-state index in [4.69, 9.17) is 16.3 Å². The molecule has 6 heteroatoms. The molecular weight excluding hydrogens is 269 g/mol. The molecule has 3 rings (SSSR count). The van der Waals surface area contributed by atoms with Crippen LogP contribution in [-0.2, 0) is 4.74 Å². The molecule has 1 atom stereocenters. The smallest absolute Gasteiger partial charge is 0.126 e. The van der Waals surface area contributed by atoms with Gasteiger partial charge in [-0.3, -0.25) is 0 Å². The maximum absolute atomic E-state index is 13.4. The first kappa shape index (κ1) is 12.6. The number of hydrogen-bond donors (Lipinski definition) is 1. The normalized spacial score (nSPS) is 19.6. The maximum atomic E-state index is 13.4. The van der Waals surface area contributed by atoms with Gasteiger partial charge in [0.15, 0.2) is 0 Å². The summed E-state index contributed by atoms with van der Waals surface area (Å²) in [6.45, 7) is 2.21. The number of imidazole rings is 1. The summed E-state index contributed by atoms with van der Waals surface area (Å²) in [7, 11) is 0. The van der Waals surface area contributed by atoms with Gasteiger partial charge in [0.05, 0.1) is 30.5 Å². The van der Waals surface area contributed by atoms with Crippen molar-refractivity contribution in [1.29, 1.82) is 0 Å². The van der Waals surface area contributed by atoms with Gasteiger partial charge in [-0.25, -0.2) is 9.37 Å². The Kier molecular flexibility index (Phi) is 3.50. The molecule has 1 saturated heterocycles. The van der Waals surface area contributed by atoms with E-state index in [2.05, 4.69) is 10.3 Å². The van der Waals surface area contributed by atoms with Crippen LogP contribution in [0.3, 0.4) is 0 Å². The van der Waals surface area contributed by atoms with E-state index in [-0.39, 0.29) is 11.9 Å². The molecule has 1 aromatic carbocycles. The van der Waals surface area contributed by atoms with Crippen LogP contribution in [0.5, 0.6) is 0 Å². The zero-order valence-corrected chi connectivity index (χ0v) is 10.9. The molecule has 0 bridgehead atoms. The molecule has 0 radical (unpaired) electrons. The first-order valence-electron chi connectivity index (χ1n) is 6.05. The van der Waals surface area contributed by atoms with E-state index < -0.39 is 0 Å². The van der Waals surface area contributed by atoms with E-state index in [0.29, 0.717) is 17.3 Å². The van der Waals surface area contributed by atoms with E-state index in [1.165, 1.54) is 12.1 Å². The standard InChI is InChI=1S/C13H13ClFN3O/c14-9-3-10(15)5-11(4-9)18-8-17-6-12(18)13-7-16-1-2-19-13/h3-6,8,13,16H,1-2,7H2. The van der Waals surface area contributed by atoms with Gasteiger partial charge in [-0.15, -0.1) is 0 Å². The Balaban J connectivity index is 1.98. The van der Waals surface area contributed by atoms with Gasteiger partial charge in [-0.2, -0.15) is 0 Å². The average molecular weight is 282 g/mol. The summed E-state index contributed by atoms with van der Waals surface area (Å²) in [5.41, 5.74) is 1.53. The molecule has 100 valence electrons. The molecule has 1 aliphatic rings. The number of nitrogens with zero attached hydrogens (tertiary/aromatic N) is 2. The van der Waals surface area contributed by atoms with Crippen LogP contribution in [0.1, 0.15) is 11.8 Å². The molecule has 1 fully saturated rings. The van der Waals surface area contributed by atoms with Gasteiger partial charge in [0, 0.05) is 18.1 Å². The van der Waals surface area contributed by atoms with Crippen molar-refractivity contribution in [2.75, 3.05) is 19.7 Å². The van der Waals surface area contributed by atoms with Crippen LogP contribution >= 0.6 is 11.6 Å². The fraction of sp³-hybridized carbons (Fsp3) is 0.308. The van der Waals surface area contributed by atoms with Crippen molar-refractivity contribution in [2.45, 2.75) is 6.10 Å². The summed E-state index contributed by atoms with van der Waals surface area (Å²) >= 11 is 5.89. The first-order chi connectivity index (χ1) is 9.24. The van der Waals surface area contributed by atoms with Crippen LogP contribution in [0.15, 0.2) is 30.7 Å². The molecule has 0 spiro atoms. The predicted octanol–water partition coefficient (Wildman–Crippen LogP) is 2.33. The minimum Gasteiger partial charge on any atom is -0.369 e.